The van der Waals surface area contributed by atoms with E-state index in [0.717, 1.165) is 61.1 Å². The van der Waals surface area contributed by atoms with Gasteiger partial charge in [0, 0.05) is 33.2 Å². The Hall–Kier alpha value is -6.79. The van der Waals surface area contributed by atoms with E-state index in [1.165, 1.54) is 0 Å². The van der Waals surface area contributed by atoms with Crippen molar-refractivity contribution in [1.82, 2.24) is 24.9 Å². The number of rotatable bonds is 6. The molecule has 9 aromatic rings. The summed E-state index contributed by atoms with van der Waals surface area (Å²) in [5.41, 5.74) is 9.62. The van der Waals surface area contributed by atoms with E-state index in [0.29, 0.717) is 28.9 Å². The molecule has 0 radical (unpaired) electrons. The van der Waals surface area contributed by atoms with Crippen molar-refractivity contribution in [2.45, 2.75) is 0 Å². The summed E-state index contributed by atoms with van der Waals surface area (Å²) in [6, 6.07) is 54.8. The van der Waals surface area contributed by atoms with E-state index in [2.05, 4.69) is 36.4 Å². The van der Waals surface area contributed by atoms with Crippen LogP contribution in [0.4, 0.5) is 0 Å². The predicted molar refractivity (Wildman–Crippen MR) is 195 cm³/mol. The van der Waals surface area contributed by atoms with Crippen LogP contribution in [-0.2, 0) is 0 Å². The molecular weight excluding hydrogens is 603 g/mol. The van der Waals surface area contributed by atoms with Crippen molar-refractivity contribution in [2.75, 3.05) is 0 Å². The van der Waals surface area contributed by atoms with Crippen LogP contribution < -0.4 is 0 Å². The SMILES string of the molecule is c1ccc(-c2cccc(-c3nc(-c4cccc(-c5nc(-c6ccccc6)nc(-c6ccccc6)n5)c4)nc4c3oc3ccccc34)c2)cc1. The van der Waals surface area contributed by atoms with Gasteiger partial charge in [-0.05, 0) is 35.4 Å². The maximum atomic E-state index is 6.43. The predicted octanol–water partition coefficient (Wildman–Crippen LogP) is 10.6. The lowest BCUT2D eigenvalue weighted by Gasteiger charge is -2.10. The van der Waals surface area contributed by atoms with E-state index in [1.807, 2.05) is 127 Å². The fourth-order valence-electron chi connectivity index (χ4n) is 6.13. The van der Waals surface area contributed by atoms with Gasteiger partial charge in [-0.3, -0.25) is 0 Å². The minimum Gasteiger partial charge on any atom is -0.452 e. The van der Waals surface area contributed by atoms with Gasteiger partial charge in [0.05, 0.1) is 0 Å². The Labute approximate surface area is 282 Å². The van der Waals surface area contributed by atoms with Gasteiger partial charge >= 0.3 is 0 Å². The van der Waals surface area contributed by atoms with Gasteiger partial charge in [-0.2, -0.15) is 0 Å². The topological polar surface area (TPSA) is 77.6 Å². The van der Waals surface area contributed by atoms with Crippen molar-refractivity contribution >= 4 is 22.1 Å². The number of fused-ring (bicyclic) bond motifs is 3. The summed E-state index contributed by atoms with van der Waals surface area (Å²) in [5.74, 6) is 2.37. The Bertz CT molecular complexity index is 2540. The largest absolute Gasteiger partial charge is 0.452 e. The molecule has 0 aliphatic heterocycles. The molecule has 0 N–H and O–H groups in total. The Kier molecular flexibility index (Phi) is 7.02. The molecule has 0 spiro atoms. The highest BCUT2D eigenvalue weighted by atomic mass is 16.3. The molecule has 3 heterocycles. The van der Waals surface area contributed by atoms with Crippen molar-refractivity contribution in [3.63, 3.8) is 0 Å². The average Bonchev–Trinajstić information content (AvgIpc) is 3.57. The van der Waals surface area contributed by atoms with E-state index in [1.54, 1.807) is 0 Å². The highest BCUT2D eigenvalue weighted by Gasteiger charge is 2.19. The van der Waals surface area contributed by atoms with Gasteiger partial charge in [0.2, 0.25) is 0 Å². The minimum absolute atomic E-state index is 0.570. The standard InChI is InChI=1S/C43H27N5O/c1-4-14-28(15-5-1)31-20-12-21-32(26-31)37-39-38(35-24-10-11-25-36(35)49-39)45-42(44-37)33-22-13-23-34(27-33)43-47-40(29-16-6-2-7-17-29)46-41(48-43)30-18-8-3-9-19-30/h1-27H. The molecule has 6 aromatic carbocycles. The summed E-state index contributed by atoms with van der Waals surface area (Å²) >= 11 is 0. The molecule has 0 amide bonds. The van der Waals surface area contributed by atoms with Crippen molar-refractivity contribution in [2.24, 2.45) is 0 Å². The first-order valence-corrected chi connectivity index (χ1v) is 16.1. The molecule has 230 valence electrons. The molecule has 0 unspecified atom stereocenters. The molecule has 0 saturated carbocycles. The Morgan fingerprint density at radius 3 is 1.41 bits per heavy atom. The van der Waals surface area contributed by atoms with Gasteiger partial charge in [0.25, 0.3) is 0 Å². The molecule has 0 fully saturated rings. The number of hydrogen-bond donors (Lipinski definition) is 0. The Morgan fingerprint density at radius 2 is 0.776 bits per heavy atom. The van der Waals surface area contributed by atoms with Gasteiger partial charge in [-0.15, -0.1) is 0 Å². The van der Waals surface area contributed by atoms with Crippen LogP contribution >= 0.6 is 0 Å². The lowest BCUT2D eigenvalue weighted by Crippen LogP contribution is -2.00. The number of nitrogens with zero attached hydrogens (tertiary/aromatic N) is 5. The summed E-state index contributed by atoms with van der Waals surface area (Å²) in [7, 11) is 0. The van der Waals surface area contributed by atoms with Crippen molar-refractivity contribution in [1.29, 1.82) is 0 Å². The van der Waals surface area contributed by atoms with E-state index in [4.69, 9.17) is 29.3 Å². The monoisotopic (exact) mass is 629 g/mol. The molecule has 0 saturated heterocycles. The van der Waals surface area contributed by atoms with Gasteiger partial charge < -0.3 is 4.42 Å². The molecule has 6 heteroatoms. The summed E-state index contributed by atoms with van der Waals surface area (Å²) in [6.07, 6.45) is 0. The number of benzene rings is 6. The second kappa shape index (κ2) is 12.1. The maximum absolute atomic E-state index is 6.43. The number of hydrogen-bond acceptors (Lipinski definition) is 6. The van der Waals surface area contributed by atoms with Crippen LogP contribution in [0.1, 0.15) is 0 Å². The first kappa shape index (κ1) is 28.4. The number of para-hydroxylation sites is 1. The fraction of sp³-hybridized carbons (Fsp3) is 0. The molecule has 0 aliphatic rings. The van der Waals surface area contributed by atoms with Crippen LogP contribution in [0.5, 0.6) is 0 Å². The third-order valence-corrected chi connectivity index (χ3v) is 8.54. The van der Waals surface area contributed by atoms with Gasteiger partial charge in [-0.25, -0.2) is 24.9 Å². The lowest BCUT2D eigenvalue weighted by atomic mass is 10.0. The van der Waals surface area contributed by atoms with Crippen molar-refractivity contribution in [3.8, 4) is 67.9 Å². The fourth-order valence-corrected chi connectivity index (χ4v) is 6.13. The Balaban J connectivity index is 1.22. The normalized spacial score (nSPS) is 11.3. The van der Waals surface area contributed by atoms with Crippen LogP contribution in [-0.4, -0.2) is 24.9 Å². The first-order valence-electron chi connectivity index (χ1n) is 16.1. The third-order valence-electron chi connectivity index (χ3n) is 8.54. The number of aromatic nitrogens is 5. The number of furan rings is 1. The lowest BCUT2D eigenvalue weighted by molar-refractivity contribution is 0.667. The van der Waals surface area contributed by atoms with Crippen LogP contribution in [0.3, 0.4) is 0 Å². The minimum atomic E-state index is 0.570. The Morgan fingerprint density at radius 1 is 0.327 bits per heavy atom. The van der Waals surface area contributed by atoms with Gasteiger partial charge in [-0.1, -0.05) is 140 Å². The first-order chi connectivity index (χ1) is 24.3. The van der Waals surface area contributed by atoms with Crippen molar-refractivity contribution in [3.05, 3.63) is 164 Å². The van der Waals surface area contributed by atoms with Gasteiger partial charge in [0.1, 0.15) is 16.8 Å². The average molecular weight is 630 g/mol. The van der Waals surface area contributed by atoms with Crippen LogP contribution in [0.15, 0.2) is 168 Å². The van der Waals surface area contributed by atoms with Crippen molar-refractivity contribution < 1.29 is 4.42 Å². The molecule has 0 atom stereocenters. The highest BCUT2D eigenvalue weighted by molar-refractivity contribution is 6.07. The molecule has 9 rings (SSSR count). The summed E-state index contributed by atoms with van der Waals surface area (Å²) < 4.78 is 6.43. The van der Waals surface area contributed by atoms with Crippen LogP contribution in [0, 0.1) is 0 Å². The molecule has 49 heavy (non-hydrogen) atoms. The molecular formula is C43H27N5O. The molecule has 0 aliphatic carbocycles. The quantitative estimate of drug-likeness (QED) is 0.182. The second-order valence-electron chi connectivity index (χ2n) is 11.7. The zero-order chi connectivity index (χ0) is 32.6. The zero-order valence-electron chi connectivity index (χ0n) is 26.2. The van der Waals surface area contributed by atoms with Gasteiger partial charge in [0.15, 0.2) is 28.9 Å². The highest BCUT2D eigenvalue weighted by Crippen LogP contribution is 2.37. The van der Waals surface area contributed by atoms with Crippen LogP contribution in [0.2, 0.25) is 0 Å². The summed E-state index contributed by atoms with van der Waals surface area (Å²) in [5, 5.41) is 0.940. The third kappa shape index (κ3) is 5.41. The molecule has 0 bridgehead atoms. The second-order valence-corrected chi connectivity index (χ2v) is 11.7. The molecule has 6 nitrogen and oxygen atoms in total. The smallest absolute Gasteiger partial charge is 0.180 e. The van der Waals surface area contributed by atoms with Crippen LogP contribution in [0.25, 0.3) is 90.0 Å². The molecule has 3 aromatic heterocycles. The van der Waals surface area contributed by atoms with E-state index in [-0.39, 0.29) is 0 Å². The van der Waals surface area contributed by atoms with E-state index in [9.17, 15) is 0 Å². The van der Waals surface area contributed by atoms with E-state index >= 15 is 0 Å². The zero-order valence-corrected chi connectivity index (χ0v) is 26.2. The summed E-state index contributed by atoms with van der Waals surface area (Å²) in [4.78, 5) is 25.0. The maximum Gasteiger partial charge on any atom is 0.180 e. The summed E-state index contributed by atoms with van der Waals surface area (Å²) in [6.45, 7) is 0. The van der Waals surface area contributed by atoms with E-state index < -0.39 is 0 Å².